The van der Waals surface area contributed by atoms with Gasteiger partial charge in [0.2, 0.25) is 0 Å². The van der Waals surface area contributed by atoms with Crippen LogP contribution in [0.1, 0.15) is 46.9 Å². The molecule has 2 N–H and O–H groups in total. The van der Waals surface area contributed by atoms with Crippen LogP contribution < -0.4 is 20.3 Å². The normalized spacial score (nSPS) is 13.2. The molecule has 7 heteroatoms. The van der Waals surface area contributed by atoms with Crippen molar-refractivity contribution in [1.82, 2.24) is 5.32 Å². The standard InChI is InChI=1S/C24H31N3O4/c1-3-31-16-6-13-25-24(29)21-17-19(9-12-22(21)27-14-4-5-15-27)26-23(28)18-7-10-20(30-2)11-8-18/h7-12,17H,3-6,13-16H2,1-2H3,(H,25,29)(H,26,28). The Hall–Kier alpha value is -3.06. The maximum absolute atomic E-state index is 12.9. The molecule has 0 atom stereocenters. The summed E-state index contributed by atoms with van der Waals surface area (Å²) in [5, 5.41) is 5.87. The Morgan fingerprint density at radius 1 is 1.03 bits per heavy atom. The van der Waals surface area contributed by atoms with Gasteiger partial charge in [-0.3, -0.25) is 9.59 Å². The van der Waals surface area contributed by atoms with Crippen molar-refractivity contribution in [2.24, 2.45) is 0 Å². The van der Waals surface area contributed by atoms with E-state index < -0.39 is 0 Å². The second kappa shape index (κ2) is 11.4. The minimum atomic E-state index is -0.236. The number of carbonyl (C=O) groups excluding carboxylic acids is 2. The van der Waals surface area contributed by atoms with Crippen molar-refractivity contribution in [1.29, 1.82) is 0 Å². The van der Waals surface area contributed by atoms with E-state index in [4.69, 9.17) is 9.47 Å². The molecule has 1 aliphatic rings. The number of ether oxygens (including phenoxy) is 2. The first kappa shape index (κ1) is 22.6. The highest BCUT2D eigenvalue weighted by Crippen LogP contribution is 2.28. The van der Waals surface area contributed by atoms with E-state index in [1.54, 1.807) is 37.4 Å². The van der Waals surface area contributed by atoms with E-state index >= 15 is 0 Å². The molecule has 0 spiro atoms. The zero-order chi connectivity index (χ0) is 22.1. The molecule has 2 aromatic rings. The highest BCUT2D eigenvalue weighted by molar-refractivity contribution is 6.06. The van der Waals surface area contributed by atoms with Gasteiger partial charge >= 0.3 is 0 Å². The van der Waals surface area contributed by atoms with Gasteiger partial charge in [-0.05, 0) is 68.7 Å². The van der Waals surface area contributed by atoms with Crippen molar-refractivity contribution in [3.8, 4) is 5.75 Å². The predicted octanol–water partition coefficient (Wildman–Crippen LogP) is 3.70. The van der Waals surface area contributed by atoms with Crippen LogP contribution in [-0.4, -0.2) is 51.8 Å². The fourth-order valence-electron chi connectivity index (χ4n) is 3.59. The Bertz CT molecular complexity index is 877. The number of hydrogen-bond donors (Lipinski definition) is 2. The number of rotatable bonds is 10. The minimum absolute atomic E-state index is 0.140. The van der Waals surface area contributed by atoms with Crippen LogP contribution in [0.4, 0.5) is 11.4 Å². The summed E-state index contributed by atoms with van der Waals surface area (Å²) in [7, 11) is 1.58. The summed E-state index contributed by atoms with van der Waals surface area (Å²) < 4.78 is 10.5. The molecular formula is C24H31N3O4. The van der Waals surface area contributed by atoms with E-state index in [-0.39, 0.29) is 11.8 Å². The Balaban J connectivity index is 1.74. The lowest BCUT2D eigenvalue weighted by molar-refractivity contribution is 0.0943. The molecule has 0 aliphatic carbocycles. The van der Waals surface area contributed by atoms with E-state index in [9.17, 15) is 9.59 Å². The number of nitrogens with one attached hydrogen (secondary N) is 2. The molecule has 1 saturated heterocycles. The van der Waals surface area contributed by atoms with Crippen molar-refractivity contribution in [3.05, 3.63) is 53.6 Å². The third-order valence-corrected chi connectivity index (χ3v) is 5.25. The number of nitrogens with zero attached hydrogens (tertiary/aromatic N) is 1. The summed E-state index contributed by atoms with van der Waals surface area (Å²) in [6.45, 7) is 5.65. The van der Waals surface area contributed by atoms with Gasteiger partial charge in [-0.2, -0.15) is 0 Å². The summed E-state index contributed by atoms with van der Waals surface area (Å²) >= 11 is 0. The predicted molar refractivity (Wildman–Crippen MR) is 122 cm³/mol. The summed E-state index contributed by atoms with van der Waals surface area (Å²) in [5.41, 5.74) is 2.59. The molecule has 0 radical (unpaired) electrons. The molecule has 3 rings (SSSR count). The first-order chi connectivity index (χ1) is 15.1. The van der Waals surface area contributed by atoms with Crippen molar-refractivity contribution in [3.63, 3.8) is 0 Å². The summed E-state index contributed by atoms with van der Waals surface area (Å²) in [6.07, 6.45) is 2.99. The molecule has 1 aliphatic heterocycles. The maximum atomic E-state index is 12.9. The number of hydrogen-bond acceptors (Lipinski definition) is 5. The van der Waals surface area contributed by atoms with E-state index in [1.165, 1.54) is 0 Å². The summed E-state index contributed by atoms with van der Waals surface area (Å²) in [4.78, 5) is 27.8. The Kier molecular flexibility index (Phi) is 8.29. The molecule has 1 heterocycles. The highest BCUT2D eigenvalue weighted by atomic mass is 16.5. The average Bonchev–Trinajstić information content (AvgIpc) is 3.33. The lowest BCUT2D eigenvalue weighted by Crippen LogP contribution is -2.29. The van der Waals surface area contributed by atoms with Crippen molar-refractivity contribution < 1.29 is 19.1 Å². The zero-order valence-electron chi connectivity index (χ0n) is 18.3. The number of anilines is 2. The Labute approximate surface area is 183 Å². The van der Waals surface area contributed by atoms with Crippen LogP contribution in [0.2, 0.25) is 0 Å². The fraction of sp³-hybridized carbons (Fsp3) is 0.417. The molecule has 0 bridgehead atoms. The Morgan fingerprint density at radius 2 is 1.77 bits per heavy atom. The van der Waals surface area contributed by atoms with Gasteiger partial charge in [-0.15, -0.1) is 0 Å². The largest absolute Gasteiger partial charge is 0.497 e. The molecule has 31 heavy (non-hydrogen) atoms. The molecule has 0 unspecified atom stereocenters. The molecule has 166 valence electrons. The van der Waals surface area contributed by atoms with Crippen LogP contribution in [0.3, 0.4) is 0 Å². The molecule has 0 aromatic heterocycles. The first-order valence-electron chi connectivity index (χ1n) is 10.8. The molecule has 0 saturated carbocycles. The van der Waals surface area contributed by atoms with Gasteiger partial charge in [0.15, 0.2) is 0 Å². The van der Waals surface area contributed by atoms with Crippen LogP contribution in [0.15, 0.2) is 42.5 Å². The minimum Gasteiger partial charge on any atom is -0.497 e. The first-order valence-corrected chi connectivity index (χ1v) is 10.8. The van der Waals surface area contributed by atoms with Crippen LogP contribution >= 0.6 is 0 Å². The lowest BCUT2D eigenvalue weighted by Gasteiger charge is -2.22. The smallest absolute Gasteiger partial charge is 0.255 e. The highest BCUT2D eigenvalue weighted by Gasteiger charge is 2.20. The lowest BCUT2D eigenvalue weighted by atomic mass is 10.1. The number of amides is 2. The third-order valence-electron chi connectivity index (χ3n) is 5.25. The third kappa shape index (κ3) is 6.21. The van der Waals surface area contributed by atoms with Gasteiger partial charge in [0.1, 0.15) is 5.75 Å². The van der Waals surface area contributed by atoms with Gasteiger partial charge in [-0.1, -0.05) is 0 Å². The maximum Gasteiger partial charge on any atom is 0.255 e. The van der Waals surface area contributed by atoms with E-state index in [0.29, 0.717) is 42.3 Å². The molecule has 1 fully saturated rings. The quantitative estimate of drug-likeness (QED) is 0.568. The monoisotopic (exact) mass is 425 g/mol. The average molecular weight is 426 g/mol. The molecule has 2 aromatic carbocycles. The summed E-state index contributed by atoms with van der Waals surface area (Å²) in [6, 6.07) is 12.4. The van der Waals surface area contributed by atoms with Gasteiger partial charge in [-0.25, -0.2) is 0 Å². The van der Waals surface area contributed by atoms with E-state index in [2.05, 4.69) is 15.5 Å². The van der Waals surface area contributed by atoms with Crippen LogP contribution in [0.5, 0.6) is 5.75 Å². The molecule has 2 amide bonds. The van der Waals surface area contributed by atoms with Crippen LogP contribution in [0.25, 0.3) is 0 Å². The second-order valence-electron chi connectivity index (χ2n) is 7.42. The number of benzene rings is 2. The second-order valence-corrected chi connectivity index (χ2v) is 7.42. The van der Waals surface area contributed by atoms with E-state index in [0.717, 1.165) is 38.0 Å². The van der Waals surface area contributed by atoms with Crippen LogP contribution in [-0.2, 0) is 4.74 Å². The van der Waals surface area contributed by atoms with Gasteiger partial charge in [0.25, 0.3) is 11.8 Å². The molecular weight excluding hydrogens is 394 g/mol. The number of methoxy groups -OCH3 is 1. The van der Waals surface area contributed by atoms with Crippen molar-refractivity contribution in [2.75, 3.05) is 50.2 Å². The number of carbonyl (C=O) groups is 2. The van der Waals surface area contributed by atoms with Crippen molar-refractivity contribution in [2.45, 2.75) is 26.2 Å². The fourth-order valence-corrected chi connectivity index (χ4v) is 3.59. The zero-order valence-corrected chi connectivity index (χ0v) is 18.3. The van der Waals surface area contributed by atoms with Gasteiger partial charge in [0.05, 0.1) is 12.7 Å². The topological polar surface area (TPSA) is 79.9 Å². The van der Waals surface area contributed by atoms with Crippen LogP contribution in [0, 0.1) is 0 Å². The van der Waals surface area contributed by atoms with Crippen molar-refractivity contribution >= 4 is 23.2 Å². The Morgan fingerprint density at radius 3 is 2.45 bits per heavy atom. The van der Waals surface area contributed by atoms with Gasteiger partial charge < -0.3 is 25.0 Å². The van der Waals surface area contributed by atoms with Gasteiger partial charge in [0, 0.05) is 49.8 Å². The van der Waals surface area contributed by atoms with E-state index in [1.807, 2.05) is 19.1 Å². The SMILES string of the molecule is CCOCCCNC(=O)c1cc(NC(=O)c2ccc(OC)cc2)ccc1N1CCCC1. The molecule has 7 nitrogen and oxygen atoms in total. The summed E-state index contributed by atoms with van der Waals surface area (Å²) in [5.74, 6) is 0.313.